The van der Waals surface area contributed by atoms with Gasteiger partial charge in [0.25, 0.3) is 11.5 Å². The number of nitrogens with zero attached hydrogens (tertiary/aromatic N) is 3. The van der Waals surface area contributed by atoms with Crippen molar-refractivity contribution in [3.05, 3.63) is 56.5 Å². The number of hydrogen-bond acceptors (Lipinski definition) is 7. The number of hydrogen-bond donors (Lipinski definition) is 2. The van der Waals surface area contributed by atoms with Crippen LogP contribution in [0.1, 0.15) is 85.6 Å². The van der Waals surface area contributed by atoms with Crippen LogP contribution >= 0.6 is 0 Å². The zero-order valence-electron chi connectivity index (χ0n) is 27.1. The van der Waals surface area contributed by atoms with Gasteiger partial charge in [0.2, 0.25) is 0 Å². The maximum Gasteiger partial charge on any atom is 0.253 e. The van der Waals surface area contributed by atoms with Gasteiger partial charge in [-0.2, -0.15) is 0 Å². The molecule has 1 aromatic carbocycles. The number of piperazine rings is 1. The number of aromatic amines is 1. The Balaban J connectivity index is 1.45. The van der Waals surface area contributed by atoms with Crippen molar-refractivity contribution in [3.63, 3.8) is 0 Å². The van der Waals surface area contributed by atoms with E-state index in [1.807, 2.05) is 32.9 Å². The summed E-state index contributed by atoms with van der Waals surface area (Å²) < 4.78 is 12.6. The Morgan fingerprint density at radius 2 is 1.81 bits per heavy atom. The van der Waals surface area contributed by atoms with Crippen LogP contribution in [0.15, 0.2) is 23.0 Å². The minimum absolute atomic E-state index is 0.159. The summed E-state index contributed by atoms with van der Waals surface area (Å²) in [4.78, 5) is 36.8. The van der Waals surface area contributed by atoms with Gasteiger partial charge in [-0.15, -0.1) is 0 Å². The Bertz CT molecular complexity index is 1340. The predicted molar refractivity (Wildman–Crippen MR) is 171 cm³/mol. The number of anilines is 1. The topological polar surface area (TPSA) is 90.1 Å². The van der Waals surface area contributed by atoms with Gasteiger partial charge in [-0.1, -0.05) is 0 Å². The lowest BCUT2D eigenvalue weighted by Crippen LogP contribution is -2.63. The van der Waals surface area contributed by atoms with Gasteiger partial charge in [0.1, 0.15) is 5.75 Å². The fourth-order valence-electron chi connectivity index (χ4n) is 7.08. The van der Waals surface area contributed by atoms with Gasteiger partial charge in [0.15, 0.2) is 5.72 Å². The molecule has 3 aliphatic rings. The molecule has 2 saturated heterocycles. The third kappa shape index (κ3) is 6.79. The number of amides is 1. The molecule has 0 radical (unpaired) electrons. The van der Waals surface area contributed by atoms with Gasteiger partial charge in [-0.3, -0.25) is 19.4 Å². The Kier molecular flexibility index (Phi) is 9.83. The Morgan fingerprint density at radius 3 is 2.40 bits per heavy atom. The van der Waals surface area contributed by atoms with E-state index in [4.69, 9.17) is 9.47 Å². The summed E-state index contributed by atoms with van der Waals surface area (Å²) in [6, 6.07) is 6.91. The van der Waals surface area contributed by atoms with Crippen molar-refractivity contribution >= 4 is 11.6 Å². The first-order chi connectivity index (χ1) is 20.6. The molecule has 2 N–H and O–H groups in total. The molecule has 0 spiro atoms. The van der Waals surface area contributed by atoms with Gasteiger partial charge in [0, 0.05) is 106 Å². The standard InChI is InChI=1S/C34H51N5O4/c1-7-39(27-9-17-42-18-10-27)31-21-28(43-34(11-8-12-34)38-15-13-37(14-16-38)23(2)3)20-29(26(31)6)32(40)35-22-30-24(4)19-25(5)36-33(30)41/h19-21,23,27H,7-18,22H2,1-6H3,(H,35,40)(H,36,41). The number of aromatic nitrogens is 1. The molecule has 1 amide bonds. The molecule has 3 fully saturated rings. The third-order valence-corrected chi connectivity index (χ3v) is 9.86. The van der Waals surface area contributed by atoms with E-state index >= 15 is 0 Å². The Morgan fingerprint density at radius 1 is 1.12 bits per heavy atom. The highest BCUT2D eigenvalue weighted by Crippen LogP contribution is 2.42. The van der Waals surface area contributed by atoms with Gasteiger partial charge >= 0.3 is 0 Å². The van der Waals surface area contributed by atoms with E-state index in [2.05, 4.69) is 51.8 Å². The summed E-state index contributed by atoms with van der Waals surface area (Å²) in [6.45, 7) is 19.1. The van der Waals surface area contributed by atoms with Crippen LogP contribution in [0.5, 0.6) is 5.75 Å². The molecule has 1 aromatic heterocycles. The number of carbonyl (C=O) groups excluding carboxylic acids is 1. The van der Waals surface area contributed by atoms with Gasteiger partial charge in [0.05, 0.1) is 0 Å². The third-order valence-electron chi connectivity index (χ3n) is 9.86. The zero-order chi connectivity index (χ0) is 30.7. The lowest BCUT2D eigenvalue weighted by atomic mass is 9.85. The summed E-state index contributed by atoms with van der Waals surface area (Å²) in [5.41, 5.74) is 4.35. The maximum atomic E-state index is 13.8. The quantitative estimate of drug-likeness (QED) is 0.419. The van der Waals surface area contributed by atoms with Crippen molar-refractivity contribution in [2.45, 2.75) is 98.0 Å². The molecule has 1 aliphatic carbocycles. The van der Waals surface area contributed by atoms with Crippen LogP contribution in [0, 0.1) is 20.8 Å². The largest absolute Gasteiger partial charge is 0.472 e. The average Bonchev–Trinajstić information content (AvgIpc) is 2.96. The van der Waals surface area contributed by atoms with Crippen molar-refractivity contribution in [1.82, 2.24) is 20.1 Å². The fraction of sp³-hybridized carbons (Fsp3) is 0.647. The fourth-order valence-corrected chi connectivity index (χ4v) is 7.08. The molecule has 0 bridgehead atoms. The summed E-state index contributed by atoms with van der Waals surface area (Å²) in [7, 11) is 0. The molecule has 2 aliphatic heterocycles. The van der Waals surface area contributed by atoms with Gasteiger partial charge in [-0.25, -0.2) is 0 Å². The van der Waals surface area contributed by atoms with E-state index in [1.54, 1.807) is 0 Å². The second kappa shape index (κ2) is 13.4. The van der Waals surface area contributed by atoms with E-state index in [0.717, 1.165) is 106 Å². The first-order valence-electron chi connectivity index (χ1n) is 16.3. The van der Waals surface area contributed by atoms with Crippen LogP contribution in [0.25, 0.3) is 0 Å². The van der Waals surface area contributed by atoms with Crippen LogP contribution < -0.4 is 20.5 Å². The highest BCUT2D eigenvalue weighted by atomic mass is 16.5. The smallest absolute Gasteiger partial charge is 0.253 e. The van der Waals surface area contributed by atoms with Crippen molar-refractivity contribution in [3.8, 4) is 5.75 Å². The van der Waals surface area contributed by atoms with E-state index in [9.17, 15) is 9.59 Å². The van der Waals surface area contributed by atoms with E-state index in [1.165, 1.54) is 0 Å². The minimum atomic E-state index is -0.328. The summed E-state index contributed by atoms with van der Waals surface area (Å²) >= 11 is 0. The molecule has 3 heterocycles. The molecule has 9 heteroatoms. The summed E-state index contributed by atoms with van der Waals surface area (Å²) in [5.74, 6) is 0.548. The van der Waals surface area contributed by atoms with Crippen molar-refractivity contribution < 1.29 is 14.3 Å². The molecule has 9 nitrogen and oxygen atoms in total. The van der Waals surface area contributed by atoms with Crippen molar-refractivity contribution in [2.24, 2.45) is 0 Å². The number of nitrogens with one attached hydrogen (secondary N) is 2. The molecule has 0 atom stereocenters. The van der Waals surface area contributed by atoms with Crippen molar-refractivity contribution in [1.29, 1.82) is 0 Å². The highest BCUT2D eigenvalue weighted by Gasteiger charge is 2.46. The zero-order valence-corrected chi connectivity index (χ0v) is 27.1. The second-order valence-corrected chi connectivity index (χ2v) is 12.9. The first-order valence-corrected chi connectivity index (χ1v) is 16.3. The monoisotopic (exact) mass is 593 g/mol. The number of pyridine rings is 1. The highest BCUT2D eigenvalue weighted by molar-refractivity contribution is 5.97. The molecule has 0 unspecified atom stereocenters. The molecular weight excluding hydrogens is 542 g/mol. The van der Waals surface area contributed by atoms with Crippen LogP contribution in [-0.4, -0.2) is 84.4 Å². The lowest BCUT2D eigenvalue weighted by Gasteiger charge is -2.52. The molecular formula is C34H51N5O4. The number of benzene rings is 1. The lowest BCUT2D eigenvalue weighted by molar-refractivity contribution is -0.154. The number of carbonyl (C=O) groups is 1. The van der Waals surface area contributed by atoms with Crippen LogP contribution in [0.2, 0.25) is 0 Å². The number of ether oxygens (including phenoxy) is 2. The van der Waals surface area contributed by atoms with Gasteiger partial charge < -0.3 is 24.7 Å². The normalized spacial score (nSPS) is 19.7. The molecule has 43 heavy (non-hydrogen) atoms. The second-order valence-electron chi connectivity index (χ2n) is 12.9. The minimum Gasteiger partial charge on any atom is -0.472 e. The number of H-pyrrole nitrogens is 1. The van der Waals surface area contributed by atoms with Crippen LogP contribution in [-0.2, 0) is 11.3 Å². The SMILES string of the molecule is CCN(c1cc(OC2(N3CCN(C(C)C)CC3)CCC2)cc(C(=O)NCc2c(C)cc(C)[nH]c2=O)c1C)C1CCOCC1. The molecule has 2 aromatic rings. The molecule has 1 saturated carbocycles. The maximum absolute atomic E-state index is 13.8. The van der Waals surface area contributed by atoms with E-state index in [0.29, 0.717) is 23.2 Å². The summed E-state index contributed by atoms with van der Waals surface area (Å²) in [6.07, 6.45) is 5.04. The van der Waals surface area contributed by atoms with Crippen molar-refractivity contribution in [2.75, 3.05) is 50.8 Å². The Labute approximate surface area is 256 Å². The van der Waals surface area contributed by atoms with Gasteiger partial charge in [-0.05, 0) is 84.1 Å². The number of aryl methyl sites for hydroxylation is 2. The Hall–Kier alpha value is -2.88. The summed E-state index contributed by atoms with van der Waals surface area (Å²) in [5, 5.41) is 3.05. The molecule has 5 rings (SSSR count). The van der Waals surface area contributed by atoms with E-state index in [-0.39, 0.29) is 23.7 Å². The molecule has 236 valence electrons. The van der Waals surface area contributed by atoms with Crippen LogP contribution in [0.4, 0.5) is 5.69 Å². The average molecular weight is 594 g/mol. The van der Waals surface area contributed by atoms with E-state index < -0.39 is 0 Å². The first kappa shape index (κ1) is 31.5. The number of rotatable bonds is 10. The van der Waals surface area contributed by atoms with Crippen LogP contribution in [0.3, 0.4) is 0 Å². The predicted octanol–water partition coefficient (Wildman–Crippen LogP) is 4.52.